The predicted molar refractivity (Wildman–Crippen MR) is 141 cm³/mol. The summed E-state index contributed by atoms with van der Waals surface area (Å²) in [6.45, 7) is 6.38. The van der Waals surface area contributed by atoms with Crippen molar-refractivity contribution in [3.8, 4) is 0 Å². The van der Waals surface area contributed by atoms with Crippen LogP contribution in [-0.2, 0) is 38.1 Å². The molecule has 0 spiro atoms. The van der Waals surface area contributed by atoms with Crippen LogP contribution in [0.1, 0.15) is 26.2 Å². The quantitative estimate of drug-likeness (QED) is 0.0835. The Hall–Kier alpha value is -1.32. The van der Waals surface area contributed by atoms with Gasteiger partial charge in [-0.15, -0.1) is 0 Å². The lowest BCUT2D eigenvalue weighted by Gasteiger charge is -2.18. The van der Waals surface area contributed by atoms with Crippen molar-refractivity contribution in [2.24, 2.45) is 0 Å². The van der Waals surface area contributed by atoms with Gasteiger partial charge in [0, 0.05) is 32.7 Å². The average molecular weight is 648 g/mol. The summed E-state index contributed by atoms with van der Waals surface area (Å²) in [6.07, 6.45) is 1.17. The number of alkyl halides is 2. The molecule has 0 aliphatic carbocycles. The fraction of sp³-hybridized carbons (Fsp3) is 0.818. The molecule has 0 aromatic carbocycles. The van der Waals surface area contributed by atoms with Gasteiger partial charge in [0.15, 0.2) is 0 Å². The van der Waals surface area contributed by atoms with Gasteiger partial charge in [0.1, 0.15) is 6.04 Å². The summed E-state index contributed by atoms with van der Waals surface area (Å²) in [5.41, 5.74) is 0. The second-order valence-corrected chi connectivity index (χ2v) is 8.43. The van der Waals surface area contributed by atoms with Crippen LogP contribution in [-0.4, -0.2) is 113 Å². The second-order valence-electron chi connectivity index (χ2n) is 7.30. The molecule has 0 rings (SSSR count). The van der Waals surface area contributed by atoms with Crippen LogP contribution in [0.4, 0.5) is 0 Å². The van der Waals surface area contributed by atoms with Crippen LogP contribution >= 0.6 is 31.9 Å². The van der Waals surface area contributed by atoms with E-state index in [0.29, 0.717) is 65.6 Å². The Morgan fingerprint density at radius 1 is 0.667 bits per heavy atom. The minimum atomic E-state index is -0.702. The summed E-state index contributed by atoms with van der Waals surface area (Å²) in [4.78, 5) is 47.0. The van der Waals surface area contributed by atoms with Gasteiger partial charge in [0.25, 0.3) is 0 Å². The highest BCUT2D eigenvalue weighted by Crippen LogP contribution is 1.99. The first-order valence-corrected chi connectivity index (χ1v) is 14.2. The van der Waals surface area contributed by atoms with E-state index in [0.717, 1.165) is 0 Å². The van der Waals surface area contributed by atoms with Gasteiger partial charge in [-0.05, 0) is 19.8 Å². The zero-order valence-corrected chi connectivity index (χ0v) is 24.1. The highest BCUT2D eigenvalue weighted by atomic mass is 79.9. The van der Waals surface area contributed by atoms with Gasteiger partial charge in [0.05, 0.1) is 56.9 Å². The van der Waals surface area contributed by atoms with Crippen molar-refractivity contribution < 1.29 is 38.1 Å². The number of hydrogen-bond donors (Lipinski definition) is 4. The smallest absolute Gasteiger partial charge is 0.242 e. The maximum Gasteiger partial charge on any atom is 0.242 e. The number of carbonyl (C=O) groups excluding carboxylic acids is 4. The SMILES string of the molecule is CCOCCOCCNC(=O)CCOCCOCCNC(=O)C(CCCNC(=O)CBr)NC(=O)CBr. The molecule has 0 aliphatic rings. The molecule has 14 heteroatoms. The van der Waals surface area contributed by atoms with Gasteiger partial charge in [0.2, 0.25) is 23.6 Å². The van der Waals surface area contributed by atoms with Crippen molar-refractivity contribution in [2.45, 2.75) is 32.2 Å². The van der Waals surface area contributed by atoms with Crippen LogP contribution in [0.15, 0.2) is 0 Å². The average Bonchev–Trinajstić information content (AvgIpc) is 2.88. The summed E-state index contributed by atoms with van der Waals surface area (Å²) in [7, 11) is 0. The van der Waals surface area contributed by atoms with Gasteiger partial charge >= 0.3 is 0 Å². The van der Waals surface area contributed by atoms with Gasteiger partial charge < -0.3 is 40.2 Å². The molecule has 0 saturated carbocycles. The van der Waals surface area contributed by atoms with E-state index in [1.54, 1.807) is 0 Å². The fourth-order valence-electron chi connectivity index (χ4n) is 2.65. The summed E-state index contributed by atoms with van der Waals surface area (Å²) in [6, 6.07) is -0.702. The Labute approximate surface area is 229 Å². The Morgan fingerprint density at radius 2 is 1.22 bits per heavy atom. The normalized spacial score (nSPS) is 11.5. The maximum atomic E-state index is 12.4. The van der Waals surface area contributed by atoms with Crippen molar-refractivity contribution >= 4 is 55.5 Å². The molecule has 1 atom stereocenters. The zero-order valence-electron chi connectivity index (χ0n) is 20.9. The monoisotopic (exact) mass is 646 g/mol. The summed E-state index contributed by atoms with van der Waals surface area (Å²) >= 11 is 6.13. The molecule has 4 amide bonds. The van der Waals surface area contributed by atoms with Gasteiger partial charge in [-0.1, -0.05) is 31.9 Å². The lowest BCUT2D eigenvalue weighted by atomic mass is 10.1. The number of nitrogens with one attached hydrogen (secondary N) is 4. The standard InChI is InChI=1S/C22H40Br2N4O8/c1-2-33-12-13-35-10-7-26-19(29)5-9-34-14-15-36-11-8-27-22(32)18(28-21(31)17-24)4-3-6-25-20(30)16-23/h18H,2-17H2,1H3,(H,25,30)(H,26,29)(H,27,32)(H,28,31). The fourth-order valence-corrected chi connectivity index (χ4v) is 3.01. The van der Waals surface area contributed by atoms with E-state index in [2.05, 4.69) is 53.1 Å². The molecule has 36 heavy (non-hydrogen) atoms. The molecule has 0 aromatic rings. The van der Waals surface area contributed by atoms with Crippen LogP contribution in [0.3, 0.4) is 0 Å². The molecule has 210 valence electrons. The molecular weight excluding hydrogens is 608 g/mol. The van der Waals surface area contributed by atoms with E-state index in [9.17, 15) is 19.2 Å². The molecule has 0 saturated heterocycles. The molecule has 0 bridgehead atoms. The third-order valence-electron chi connectivity index (χ3n) is 4.42. The summed E-state index contributed by atoms with van der Waals surface area (Å²) in [5.74, 6) is -0.868. The van der Waals surface area contributed by atoms with E-state index in [1.807, 2.05) is 6.92 Å². The summed E-state index contributed by atoms with van der Waals surface area (Å²) < 4.78 is 21.2. The van der Waals surface area contributed by atoms with E-state index < -0.39 is 6.04 Å². The third kappa shape index (κ3) is 21.9. The van der Waals surface area contributed by atoms with Gasteiger partial charge in [-0.2, -0.15) is 0 Å². The molecule has 0 heterocycles. The van der Waals surface area contributed by atoms with Crippen molar-refractivity contribution in [1.82, 2.24) is 21.3 Å². The van der Waals surface area contributed by atoms with Crippen molar-refractivity contribution in [1.29, 1.82) is 0 Å². The van der Waals surface area contributed by atoms with Crippen LogP contribution in [0, 0.1) is 0 Å². The maximum absolute atomic E-state index is 12.4. The first kappa shape index (κ1) is 34.7. The minimum Gasteiger partial charge on any atom is -0.379 e. The highest BCUT2D eigenvalue weighted by Gasteiger charge is 2.19. The molecule has 1 unspecified atom stereocenters. The first-order chi connectivity index (χ1) is 17.4. The van der Waals surface area contributed by atoms with Gasteiger partial charge in [-0.3, -0.25) is 19.2 Å². The van der Waals surface area contributed by atoms with Crippen LogP contribution < -0.4 is 21.3 Å². The minimum absolute atomic E-state index is 0.0885. The Bertz CT molecular complexity index is 617. The largest absolute Gasteiger partial charge is 0.379 e. The van der Waals surface area contributed by atoms with E-state index >= 15 is 0 Å². The van der Waals surface area contributed by atoms with E-state index in [-0.39, 0.29) is 60.5 Å². The number of carbonyl (C=O) groups is 4. The van der Waals surface area contributed by atoms with Crippen LogP contribution in [0.2, 0.25) is 0 Å². The molecule has 0 radical (unpaired) electrons. The summed E-state index contributed by atoms with van der Waals surface area (Å²) in [5, 5.41) is 11.1. The van der Waals surface area contributed by atoms with Crippen LogP contribution in [0.25, 0.3) is 0 Å². The van der Waals surface area contributed by atoms with Crippen molar-refractivity contribution in [3.05, 3.63) is 0 Å². The molecular formula is C22H40Br2N4O8. The number of amides is 4. The Morgan fingerprint density at radius 3 is 1.83 bits per heavy atom. The lowest BCUT2D eigenvalue weighted by Crippen LogP contribution is -2.48. The topological polar surface area (TPSA) is 153 Å². The molecule has 0 aliphatic heterocycles. The van der Waals surface area contributed by atoms with Crippen molar-refractivity contribution in [2.75, 3.05) is 83.1 Å². The Balaban J connectivity index is 3.80. The first-order valence-electron chi connectivity index (χ1n) is 12.0. The molecule has 12 nitrogen and oxygen atoms in total. The zero-order chi connectivity index (χ0) is 26.9. The molecule has 0 aromatic heterocycles. The molecule has 4 N–H and O–H groups in total. The van der Waals surface area contributed by atoms with E-state index in [4.69, 9.17) is 18.9 Å². The lowest BCUT2D eigenvalue weighted by molar-refractivity contribution is -0.128. The predicted octanol–water partition coefficient (Wildman–Crippen LogP) is -0.134. The van der Waals surface area contributed by atoms with Crippen molar-refractivity contribution in [3.63, 3.8) is 0 Å². The van der Waals surface area contributed by atoms with Gasteiger partial charge in [-0.25, -0.2) is 0 Å². The number of ether oxygens (including phenoxy) is 4. The number of halogens is 2. The Kier molecular flexibility index (Phi) is 24.4. The van der Waals surface area contributed by atoms with Crippen LogP contribution in [0.5, 0.6) is 0 Å². The second kappa shape index (κ2) is 25.3. The number of rotatable bonds is 24. The van der Waals surface area contributed by atoms with E-state index in [1.165, 1.54) is 0 Å². The highest BCUT2D eigenvalue weighted by molar-refractivity contribution is 9.09. The molecule has 0 fully saturated rings. The third-order valence-corrected chi connectivity index (χ3v) is 5.44. The number of hydrogen-bond acceptors (Lipinski definition) is 8.